The molecule has 1 N–H and O–H groups in total. The fourth-order valence-electron chi connectivity index (χ4n) is 1.85. The summed E-state index contributed by atoms with van der Waals surface area (Å²) in [4.78, 5) is 12.0. The van der Waals surface area contributed by atoms with E-state index in [4.69, 9.17) is 23.2 Å². The summed E-state index contributed by atoms with van der Waals surface area (Å²) in [6, 6.07) is 3.39. The summed E-state index contributed by atoms with van der Waals surface area (Å²) >= 11 is 11.5. The van der Waals surface area contributed by atoms with Crippen LogP contribution in [0.2, 0.25) is 10.0 Å². The number of hydrogen-bond donors (Lipinski definition) is 1. The lowest BCUT2D eigenvalue weighted by molar-refractivity contribution is -0.120. The molecule has 0 saturated heterocycles. The summed E-state index contributed by atoms with van der Waals surface area (Å²) in [5, 5.41) is 7.39. The number of carbonyl (C=O) groups excluding carboxylic acids is 1. The van der Waals surface area contributed by atoms with Gasteiger partial charge < -0.3 is 5.32 Å². The number of amides is 1. The van der Waals surface area contributed by atoms with Crippen molar-refractivity contribution in [1.82, 2.24) is 5.01 Å². The normalized spacial score (nSPS) is 18.7. The molecule has 9 heteroatoms. The molecule has 0 aliphatic carbocycles. The van der Waals surface area contributed by atoms with Gasteiger partial charge in [0.2, 0.25) is 5.91 Å². The van der Waals surface area contributed by atoms with Crippen LogP contribution >= 0.6 is 23.2 Å². The molecule has 4 nitrogen and oxygen atoms in total. The molecule has 1 heterocycles. The zero-order chi connectivity index (χ0) is 15.8. The molecule has 2 rings (SSSR count). The van der Waals surface area contributed by atoms with Gasteiger partial charge in [0.1, 0.15) is 11.8 Å². The number of nitrogens with zero attached hydrogens (tertiary/aromatic N) is 2. The van der Waals surface area contributed by atoms with E-state index in [0.29, 0.717) is 10.7 Å². The predicted octanol–water partition coefficient (Wildman–Crippen LogP) is 3.55. The third kappa shape index (κ3) is 3.59. The van der Waals surface area contributed by atoms with E-state index >= 15 is 0 Å². The molecule has 1 atom stereocenters. The fourth-order valence-corrected chi connectivity index (χ4v) is 2.15. The Hall–Kier alpha value is -1.47. The summed E-state index contributed by atoms with van der Waals surface area (Å²) < 4.78 is 37.7. The number of alkyl halides is 3. The molecule has 0 fully saturated rings. The minimum Gasteiger partial charge on any atom is -0.324 e. The van der Waals surface area contributed by atoms with Gasteiger partial charge in [-0.05, 0) is 18.2 Å². The molecule has 1 aromatic rings. The number of anilines is 1. The number of hydrazone groups is 1. The topological polar surface area (TPSA) is 44.7 Å². The third-order valence-corrected chi connectivity index (χ3v) is 3.67. The molecule has 0 saturated carbocycles. The number of hydrogen-bond acceptors (Lipinski definition) is 3. The van der Waals surface area contributed by atoms with Gasteiger partial charge in [0.05, 0.1) is 10.0 Å². The van der Waals surface area contributed by atoms with Crippen molar-refractivity contribution in [2.45, 2.75) is 18.6 Å². The summed E-state index contributed by atoms with van der Waals surface area (Å²) in [7, 11) is 1.32. The smallest absolute Gasteiger partial charge is 0.324 e. The summed E-state index contributed by atoms with van der Waals surface area (Å²) in [6.07, 6.45) is -5.03. The van der Waals surface area contributed by atoms with E-state index in [1.54, 1.807) is 0 Å². The van der Waals surface area contributed by atoms with Crippen molar-refractivity contribution in [2.24, 2.45) is 5.10 Å². The van der Waals surface area contributed by atoms with Crippen LogP contribution in [-0.2, 0) is 4.79 Å². The molecule has 21 heavy (non-hydrogen) atoms. The van der Waals surface area contributed by atoms with Crippen molar-refractivity contribution in [2.75, 3.05) is 12.4 Å². The molecular weight excluding hydrogens is 330 g/mol. The minimum absolute atomic E-state index is 0.237. The highest BCUT2D eigenvalue weighted by Crippen LogP contribution is 2.28. The van der Waals surface area contributed by atoms with Crippen LogP contribution in [0.1, 0.15) is 6.42 Å². The second kappa shape index (κ2) is 5.73. The van der Waals surface area contributed by atoms with E-state index in [1.165, 1.54) is 25.2 Å². The molecule has 0 aromatic heterocycles. The van der Waals surface area contributed by atoms with E-state index in [-0.39, 0.29) is 5.02 Å². The Labute approximate surface area is 128 Å². The maximum Gasteiger partial charge on any atom is 0.431 e. The van der Waals surface area contributed by atoms with E-state index in [1.807, 2.05) is 0 Å². The first-order chi connectivity index (χ1) is 9.68. The number of halogens is 5. The maximum atomic E-state index is 12.6. The monoisotopic (exact) mass is 339 g/mol. The van der Waals surface area contributed by atoms with Crippen LogP contribution in [0, 0.1) is 0 Å². The van der Waals surface area contributed by atoms with Crippen molar-refractivity contribution in [3.63, 3.8) is 0 Å². The number of carbonyl (C=O) groups is 1. The number of likely N-dealkylation sites (N-methyl/N-ethyl adjacent to an activating group) is 1. The average Bonchev–Trinajstić information content (AvgIpc) is 2.76. The van der Waals surface area contributed by atoms with Gasteiger partial charge in [-0.25, -0.2) is 0 Å². The second-order valence-corrected chi connectivity index (χ2v) is 5.27. The third-order valence-electron chi connectivity index (χ3n) is 2.93. The van der Waals surface area contributed by atoms with E-state index < -0.39 is 30.3 Å². The summed E-state index contributed by atoms with van der Waals surface area (Å²) in [5.41, 5.74) is -0.623. The van der Waals surface area contributed by atoms with Gasteiger partial charge in [-0.2, -0.15) is 18.3 Å². The van der Waals surface area contributed by atoms with Gasteiger partial charge in [-0.15, -0.1) is 0 Å². The van der Waals surface area contributed by atoms with Crippen LogP contribution in [0.5, 0.6) is 0 Å². The Morgan fingerprint density at radius 3 is 2.57 bits per heavy atom. The lowest BCUT2D eigenvalue weighted by Gasteiger charge is -2.18. The Kier molecular flexibility index (Phi) is 4.34. The van der Waals surface area contributed by atoms with Gasteiger partial charge in [0.15, 0.2) is 0 Å². The van der Waals surface area contributed by atoms with Gasteiger partial charge in [-0.1, -0.05) is 23.2 Å². The second-order valence-electron chi connectivity index (χ2n) is 4.46. The van der Waals surface area contributed by atoms with Crippen molar-refractivity contribution in [3.8, 4) is 0 Å². The molecule has 1 aliphatic heterocycles. The highest BCUT2D eigenvalue weighted by atomic mass is 35.5. The molecule has 1 aromatic carbocycles. The minimum atomic E-state index is -4.53. The molecule has 1 amide bonds. The van der Waals surface area contributed by atoms with Crippen LogP contribution in [-0.4, -0.2) is 35.9 Å². The first-order valence-corrected chi connectivity index (χ1v) is 6.57. The zero-order valence-corrected chi connectivity index (χ0v) is 12.2. The van der Waals surface area contributed by atoms with Crippen LogP contribution in [0.3, 0.4) is 0 Å². The van der Waals surface area contributed by atoms with E-state index in [2.05, 4.69) is 10.4 Å². The highest BCUT2D eigenvalue weighted by Gasteiger charge is 2.44. The molecular formula is C12H10Cl2F3N3O. The highest BCUT2D eigenvalue weighted by molar-refractivity contribution is 6.42. The lowest BCUT2D eigenvalue weighted by Crippen LogP contribution is -2.37. The molecule has 1 aliphatic rings. The number of rotatable bonds is 2. The van der Waals surface area contributed by atoms with Crippen LogP contribution in [0.25, 0.3) is 0 Å². The first kappa shape index (κ1) is 15.9. The lowest BCUT2D eigenvalue weighted by atomic mass is 10.1. The van der Waals surface area contributed by atoms with E-state index in [0.717, 1.165) is 5.01 Å². The molecule has 1 unspecified atom stereocenters. The Morgan fingerprint density at radius 2 is 2.05 bits per heavy atom. The van der Waals surface area contributed by atoms with Gasteiger partial charge >= 0.3 is 6.18 Å². The molecule has 0 spiro atoms. The Balaban J connectivity index is 2.07. The zero-order valence-electron chi connectivity index (χ0n) is 10.7. The predicted molar refractivity (Wildman–Crippen MR) is 74.7 cm³/mol. The van der Waals surface area contributed by atoms with Crippen LogP contribution in [0.4, 0.5) is 18.9 Å². The van der Waals surface area contributed by atoms with Crippen molar-refractivity contribution < 1.29 is 18.0 Å². The number of nitrogens with one attached hydrogen (secondary N) is 1. The SMILES string of the molecule is CN1N=C(C(F)(F)F)CC1C(=O)Nc1ccc(Cl)c(Cl)c1. The number of benzene rings is 1. The quantitative estimate of drug-likeness (QED) is 0.895. The molecule has 114 valence electrons. The van der Waals surface area contributed by atoms with E-state index in [9.17, 15) is 18.0 Å². The fraction of sp³-hybridized carbons (Fsp3) is 0.333. The van der Waals surface area contributed by atoms with Gasteiger partial charge in [0, 0.05) is 19.2 Å². The van der Waals surface area contributed by atoms with Gasteiger partial charge in [-0.3, -0.25) is 9.80 Å². The standard InChI is InChI=1S/C12H10Cl2F3N3O/c1-20-9(5-10(19-20)12(15,16)17)11(21)18-6-2-3-7(13)8(14)4-6/h2-4,9H,5H2,1H3,(H,18,21). The molecule has 0 radical (unpaired) electrons. The Bertz CT molecular complexity index is 604. The maximum absolute atomic E-state index is 12.6. The summed E-state index contributed by atoms with van der Waals surface area (Å²) in [5.74, 6) is -0.598. The van der Waals surface area contributed by atoms with Crippen molar-refractivity contribution >= 4 is 40.5 Å². The largest absolute Gasteiger partial charge is 0.431 e. The van der Waals surface area contributed by atoms with Crippen molar-refractivity contribution in [1.29, 1.82) is 0 Å². The van der Waals surface area contributed by atoms with Crippen molar-refractivity contribution in [3.05, 3.63) is 28.2 Å². The Morgan fingerprint density at radius 1 is 1.38 bits per heavy atom. The van der Waals surface area contributed by atoms with Gasteiger partial charge in [0.25, 0.3) is 0 Å². The molecule has 0 bridgehead atoms. The average molecular weight is 340 g/mol. The first-order valence-electron chi connectivity index (χ1n) is 5.82. The van der Waals surface area contributed by atoms with Crippen LogP contribution < -0.4 is 5.32 Å². The summed E-state index contributed by atoms with van der Waals surface area (Å²) in [6.45, 7) is 0. The van der Waals surface area contributed by atoms with Crippen LogP contribution in [0.15, 0.2) is 23.3 Å².